The zero-order chi connectivity index (χ0) is 9.83. The van der Waals surface area contributed by atoms with E-state index in [1.165, 1.54) is 7.11 Å². The third-order valence-electron chi connectivity index (χ3n) is 1.16. The third kappa shape index (κ3) is 4.03. The Hall–Kier alpha value is 0.620. The Bertz CT molecular complexity index is 136. The smallest absolute Gasteiger partial charge is 0.189 e. The summed E-state index contributed by atoms with van der Waals surface area (Å²) in [5.41, 5.74) is 0. The van der Waals surface area contributed by atoms with Gasteiger partial charge in [-0.25, -0.2) is 0 Å². The summed E-state index contributed by atoms with van der Waals surface area (Å²) in [4.78, 5) is 27.3. The van der Waals surface area contributed by atoms with Crippen molar-refractivity contribution in [1.82, 2.24) is 0 Å². The SMILES string of the molecule is CC[P+](O)(OC)O[P+](O)(O)OC. The Kier molecular flexibility index (Phi) is 4.99. The normalized spacial score (nSPS) is 17.5. The molecule has 0 amide bonds. The molecule has 0 saturated carbocycles. The first-order chi connectivity index (χ1) is 5.39. The van der Waals surface area contributed by atoms with E-state index in [1.54, 1.807) is 6.92 Å². The Labute approximate surface area is 72.3 Å². The van der Waals surface area contributed by atoms with Gasteiger partial charge >= 0.3 is 16.1 Å². The lowest BCUT2D eigenvalue weighted by Crippen LogP contribution is -2.05. The summed E-state index contributed by atoms with van der Waals surface area (Å²) in [5, 5.41) is 0. The fourth-order valence-corrected chi connectivity index (χ4v) is 3.00. The highest BCUT2D eigenvalue weighted by atomic mass is 31.3. The summed E-state index contributed by atoms with van der Waals surface area (Å²) < 4.78 is 13.3. The van der Waals surface area contributed by atoms with Gasteiger partial charge in [-0.2, -0.15) is 23.7 Å². The summed E-state index contributed by atoms with van der Waals surface area (Å²) >= 11 is 0. The molecule has 0 fully saturated rings. The molecule has 0 aliphatic rings. The van der Waals surface area contributed by atoms with E-state index in [9.17, 15) is 4.89 Å². The minimum Gasteiger partial charge on any atom is -0.189 e. The van der Waals surface area contributed by atoms with Gasteiger partial charge in [0.2, 0.25) is 0 Å². The van der Waals surface area contributed by atoms with Crippen LogP contribution in [0.25, 0.3) is 0 Å². The highest BCUT2D eigenvalue weighted by Gasteiger charge is 2.57. The van der Waals surface area contributed by atoms with Crippen molar-refractivity contribution in [2.75, 3.05) is 20.4 Å². The summed E-state index contributed by atoms with van der Waals surface area (Å²) in [6, 6.07) is 0. The van der Waals surface area contributed by atoms with Crippen molar-refractivity contribution in [2.24, 2.45) is 0 Å². The average Bonchev–Trinajstić information content (AvgIpc) is 2.04. The second kappa shape index (κ2) is 4.74. The van der Waals surface area contributed by atoms with Crippen LogP contribution in [0.1, 0.15) is 6.92 Å². The second-order valence-electron chi connectivity index (χ2n) is 1.89. The third-order valence-corrected chi connectivity index (χ3v) is 4.87. The molecule has 0 aliphatic carbocycles. The van der Waals surface area contributed by atoms with Crippen molar-refractivity contribution < 1.29 is 28.0 Å². The summed E-state index contributed by atoms with van der Waals surface area (Å²) in [5.74, 6) is 0. The van der Waals surface area contributed by atoms with Crippen molar-refractivity contribution in [1.29, 1.82) is 0 Å². The first kappa shape index (κ1) is 12.6. The van der Waals surface area contributed by atoms with Crippen LogP contribution in [0.4, 0.5) is 0 Å². The lowest BCUT2D eigenvalue weighted by atomic mass is 11.0. The van der Waals surface area contributed by atoms with E-state index in [2.05, 4.69) is 13.4 Å². The van der Waals surface area contributed by atoms with E-state index < -0.39 is 16.1 Å². The topological polar surface area (TPSA) is 88.4 Å². The van der Waals surface area contributed by atoms with Gasteiger partial charge in [-0.05, 0) is 6.92 Å². The van der Waals surface area contributed by atoms with E-state index in [1.807, 2.05) is 0 Å². The van der Waals surface area contributed by atoms with Crippen molar-refractivity contribution in [3.8, 4) is 0 Å². The van der Waals surface area contributed by atoms with Crippen molar-refractivity contribution >= 4 is 16.1 Å². The van der Waals surface area contributed by atoms with Gasteiger partial charge in [0.1, 0.15) is 6.16 Å². The van der Waals surface area contributed by atoms with Gasteiger partial charge in [-0.3, -0.25) is 0 Å². The van der Waals surface area contributed by atoms with E-state index >= 15 is 0 Å². The minimum absolute atomic E-state index is 0.162. The molecule has 0 spiro atoms. The molecule has 0 radical (unpaired) electrons. The number of hydrogen-bond donors (Lipinski definition) is 3. The van der Waals surface area contributed by atoms with Gasteiger partial charge in [0.15, 0.2) is 0 Å². The van der Waals surface area contributed by atoms with Crippen molar-refractivity contribution in [2.45, 2.75) is 6.92 Å². The molecule has 74 valence electrons. The molecular formula is C4H14O6P2+2. The van der Waals surface area contributed by atoms with Crippen LogP contribution >= 0.6 is 16.1 Å². The molecule has 1 atom stereocenters. The zero-order valence-corrected chi connectivity index (χ0v) is 8.96. The Morgan fingerprint density at radius 3 is 1.83 bits per heavy atom. The van der Waals surface area contributed by atoms with Crippen LogP contribution in [0, 0.1) is 0 Å². The molecule has 3 N–H and O–H groups in total. The van der Waals surface area contributed by atoms with Crippen LogP contribution < -0.4 is 0 Å². The standard InChI is InChI=1S/C4H14O6P2/c1-4-11(5,8-2)10-12(6,7)9-3/h5-7H,4H2,1-3H3/q+2. The lowest BCUT2D eigenvalue weighted by molar-refractivity contribution is 0.175. The summed E-state index contributed by atoms with van der Waals surface area (Å²) in [6.07, 6.45) is 0.162. The quantitative estimate of drug-likeness (QED) is 0.592. The highest BCUT2D eigenvalue weighted by Crippen LogP contribution is 2.70. The highest BCUT2D eigenvalue weighted by molar-refractivity contribution is 7.71. The number of hydrogen-bond acceptors (Lipinski definition) is 6. The molecule has 0 aliphatic heterocycles. The van der Waals surface area contributed by atoms with E-state index in [0.29, 0.717) is 0 Å². The molecule has 0 heterocycles. The molecule has 0 aromatic heterocycles. The van der Waals surface area contributed by atoms with Gasteiger partial charge in [0, 0.05) is 0 Å². The summed E-state index contributed by atoms with van der Waals surface area (Å²) in [7, 11) is -4.75. The van der Waals surface area contributed by atoms with Gasteiger partial charge in [0.05, 0.1) is 18.5 Å². The van der Waals surface area contributed by atoms with E-state index in [-0.39, 0.29) is 6.16 Å². The predicted molar refractivity (Wildman–Crippen MR) is 46.1 cm³/mol. The Balaban J connectivity index is 4.20. The van der Waals surface area contributed by atoms with Gasteiger partial charge in [-0.15, -0.1) is 0 Å². The van der Waals surface area contributed by atoms with E-state index in [4.69, 9.17) is 9.79 Å². The van der Waals surface area contributed by atoms with Gasteiger partial charge in [-0.1, -0.05) is 0 Å². The van der Waals surface area contributed by atoms with Crippen LogP contribution in [0.2, 0.25) is 0 Å². The molecule has 0 bridgehead atoms. The number of rotatable bonds is 5. The average molecular weight is 220 g/mol. The van der Waals surface area contributed by atoms with Crippen molar-refractivity contribution in [3.63, 3.8) is 0 Å². The van der Waals surface area contributed by atoms with Crippen LogP contribution in [0.3, 0.4) is 0 Å². The first-order valence-electron chi connectivity index (χ1n) is 3.17. The molecule has 0 saturated heterocycles. The lowest BCUT2D eigenvalue weighted by Gasteiger charge is -2.11. The second-order valence-corrected chi connectivity index (χ2v) is 6.16. The maximum absolute atomic E-state index is 9.39. The van der Waals surface area contributed by atoms with Crippen LogP contribution in [-0.4, -0.2) is 35.1 Å². The monoisotopic (exact) mass is 220 g/mol. The fourth-order valence-electron chi connectivity index (χ4n) is 0.420. The van der Waals surface area contributed by atoms with E-state index in [0.717, 1.165) is 7.11 Å². The molecule has 0 aromatic carbocycles. The van der Waals surface area contributed by atoms with Crippen molar-refractivity contribution in [3.05, 3.63) is 0 Å². The molecule has 0 rings (SSSR count). The van der Waals surface area contributed by atoms with Crippen LogP contribution in [0.15, 0.2) is 0 Å². The molecule has 12 heavy (non-hydrogen) atoms. The van der Waals surface area contributed by atoms with Crippen LogP contribution in [0.5, 0.6) is 0 Å². The molecule has 0 aromatic rings. The Morgan fingerprint density at radius 2 is 1.58 bits per heavy atom. The first-order valence-corrected chi connectivity index (χ1v) is 6.46. The van der Waals surface area contributed by atoms with Crippen LogP contribution in [-0.2, 0) is 13.4 Å². The predicted octanol–water partition coefficient (Wildman–Crippen LogP) is 0.733. The largest absolute Gasteiger partial charge is 0.615 e. The molecule has 8 heteroatoms. The van der Waals surface area contributed by atoms with Gasteiger partial charge < -0.3 is 0 Å². The maximum Gasteiger partial charge on any atom is 0.615 e. The minimum atomic E-state index is -3.90. The molecule has 6 nitrogen and oxygen atoms in total. The Morgan fingerprint density at radius 1 is 1.08 bits per heavy atom. The molecular weight excluding hydrogens is 206 g/mol. The fraction of sp³-hybridized carbons (Fsp3) is 1.00. The molecule has 1 unspecified atom stereocenters. The summed E-state index contributed by atoms with van der Waals surface area (Å²) in [6.45, 7) is 1.60. The zero-order valence-electron chi connectivity index (χ0n) is 7.17. The van der Waals surface area contributed by atoms with Gasteiger partial charge in [0.25, 0.3) is 0 Å². The maximum atomic E-state index is 9.39.